The maximum atomic E-state index is 14.6. The Morgan fingerprint density at radius 2 is 1.52 bits per heavy atom. The van der Waals surface area contributed by atoms with E-state index in [-0.39, 0.29) is 44.3 Å². The number of hydrogen-bond donors (Lipinski definition) is 1. The maximum absolute atomic E-state index is 14.6. The number of carboxylic acids is 1. The number of benzene rings is 4. The number of aliphatic carboxylic acids is 1. The van der Waals surface area contributed by atoms with Gasteiger partial charge >= 0.3 is 24.0 Å². The molecular formula is C48H50N2O13. The summed E-state index contributed by atoms with van der Waals surface area (Å²) in [5, 5.41) is 9.23. The molecule has 15 heteroatoms. The highest BCUT2D eigenvalue weighted by molar-refractivity contribution is 6.38. The molecule has 0 aromatic heterocycles. The predicted molar refractivity (Wildman–Crippen MR) is 228 cm³/mol. The first-order valence-corrected chi connectivity index (χ1v) is 20.3. The fourth-order valence-electron chi connectivity index (χ4n) is 7.67. The van der Waals surface area contributed by atoms with Gasteiger partial charge in [0, 0.05) is 25.1 Å². The molecule has 2 aliphatic rings. The first-order valence-electron chi connectivity index (χ1n) is 20.3. The van der Waals surface area contributed by atoms with Gasteiger partial charge < -0.3 is 43.3 Å². The Hall–Kier alpha value is -7.16. The number of fused-ring (bicyclic) bond motifs is 3. The monoisotopic (exact) mass is 862 g/mol. The van der Waals surface area contributed by atoms with Crippen molar-refractivity contribution in [2.24, 2.45) is 5.41 Å². The number of carbonyl (C=O) groups excluding carboxylic acids is 5. The van der Waals surface area contributed by atoms with Crippen molar-refractivity contribution < 1.29 is 62.3 Å². The maximum Gasteiger partial charge on any atom is 0.409 e. The van der Waals surface area contributed by atoms with Crippen LogP contribution in [0.25, 0.3) is 11.1 Å². The minimum atomic E-state index is -1.49. The molecule has 63 heavy (non-hydrogen) atoms. The summed E-state index contributed by atoms with van der Waals surface area (Å²) in [6.45, 7) is 4.53. The van der Waals surface area contributed by atoms with Crippen molar-refractivity contribution in [3.05, 3.63) is 126 Å². The number of carbonyl (C=O) groups is 6. The lowest BCUT2D eigenvalue weighted by molar-refractivity contribution is -0.166. The van der Waals surface area contributed by atoms with Crippen LogP contribution in [0, 0.1) is 5.41 Å². The molecule has 0 saturated carbocycles. The molecule has 1 heterocycles. The Labute approximate surface area is 365 Å². The number of piperazine rings is 1. The SMILES string of the molecule is C=CC(=O)OCC(C)(C)C(=O)C(=O)N1CCN(C(=O)OCC2c3ccccc3-c3ccccc32)C[C@H]1C(=O)OC(CCc1ccc(OC)c(OC)c1)c1cccc(OCC(=O)O)c1. The zero-order valence-corrected chi connectivity index (χ0v) is 35.6. The van der Waals surface area contributed by atoms with Crippen LogP contribution in [-0.2, 0) is 44.6 Å². The zero-order valence-electron chi connectivity index (χ0n) is 35.6. The molecule has 1 aliphatic heterocycles. The summed E-state index contributed by atoms with van der Waals surface area (Å²) in [6.07, 6.45) is -0.231. The number of ketones is 1. The summed E-state index contributed by atoms with van der Waals surface area (Å²) in [5.41, 5.74) is 3.90. The fourth-order valence-corrected chi connectivity index (χ4v) is 7.67. The number of Topliss-reactive ketones (excluding diaryl/α,β-unsaturated/α-hetero) is 1. The van der Waals surface area contributed by atoms with Crippen LogP contribution in [0.4, 0.5) is 4.79 Å². The summed E-state index contributed by atoms with van der Waals surface area (Å²) in [7, 11) is 3.03. The Kier molecular flexibility index (Phi) is 14.5. The van der Waals surface area contributed by atoms with Crippen molar-refractivity contribution >= 4 is 35.7 Å². The average molecular weight is 863 g/mol. The van der Waals surface area contributed by atoms with Gasteiger partial charge in [0.2, 0.25) is 5.78 Å². The van der Waals surface area contributed by atoms with Gasteiger partial charge in [0.15, 0.2) is 18.1 Å². The second-order valence-corrected chi connectivity index (χ2v) is 15.7. The first kappa shape index (κ1) is 45.4. The van der Waals surface area contributed by atoms with Gasteiger partial charge in [-0.3, -0.25) is 9.59 Å². The third kappa shape index (κ3) is 10.7. The molecule has 6 rings (SSSR count). The molecular weight excluding hydrogens is 813 g/mol. The average Bonchev–Trinajstić information content (AvgIpc) is 3.62. The van der Waals surface area contributed by atoms with Crippen molar-refractivity contribution in [1.29, 1.82) is 0 Å². The van der Waals surface area contributed by atoms with Gasteiger partial charge in [0.1, 0.15) is 31.1 Å². The number of aryl methyl sites for hydroxylation is 1. The van der Waals surface area contributed by atoms with E-state index < -0.39 is 66.5 Å². The smallest absolute Gasteiger partial charge is 0.409 e. The molecule has 330 valence electrons. The molecule has 4 aromatic rings. The summed E-state index contributed by atoms with van der Waals surface area (Å²) in [5.74, 6) is -3.86. The van der Waals surface area contributed by atoms with Crippen LogP contribution in [0.5, 0.6) is 17.2 Å². The fraction of sp³-hybridized carbons (Fsp3) is 0.333. The number of amides is 2. The molecule has 1 unspecified atom stereocenters. The number of ether oxygens (including phenoxy) is 6. The Bertz CT molecular complexity index is 2330. The van der Waals surface area contributed by atoms with Gasteiger partial charge in [-0.2, -0.15) is 0 Å². The topological polar surface area (TPSA) is 185 Å². The number of hydrogen-bond acceptors (Lipinski definition) is 12. The molecule has 2 amide bonds. The van der Waals surface area contributed by atoms with E-state index in [0.29, 0.717) is 23.5 Å². The van der Waals surface area contributed by atoms with E-state index in [9.17, 15) is 33.9 Å². The van der Waals surface area contributed by atoms with Crippen LogP contribution in [0.15, 0.2) is 104 Å². The van der Waals surface area contributed by atoms with Gasteiger partial charge in [-0.05, 0) is 84.3 Å². The molecule has 1 aliphatic carbocycles. The van der Waals surface area contributed by atoms with E-state index in [4.69, 9.17) is 28.4 Å². The van der Waals surface area contributed by atoms with Crippen LogP contribution >= 0.6 is 0 Å². The highest BCUT2D eigenvalue weighted by atomic mass is 16.6. The zero-order chi connectivity index (χ0) is 45.3. The highest BCUT2D eigenvalue weighted by Gasteiger charge is 2.45. The second kappa shape index (κ2) is 20.1. The van der Waals surface area contributed by atoms with Gasteiger partial charge in [0.25, 0.3) is 5.91 Å². The van der Waals surface area contributed by atoms with Crippen molar-refractivity contribution in [3.63, 3.8) is 0 Å². The van der Waals surface area contributed by atoms with E-state index >= 15 is 0 Å². The first-order chi connectivity index (χ1) is 30.2. The molecule has 2 atom stereocenters. The molecule has 15 nitrogen and oxygen atoms in total. The highest BCUT2D eigenvalue weighted by Crippen LogP contribution is 2.44. The van der Waals surface area contributed by atoms with E-state index in [1.807, 2.05) is 54.6 Å². The quantitative estimate of drug-likeness (QED) is 0.0519. The van der Waals surface area contributed by atoms with Crippen molar-refractivity contribution in [1.82, 2.24) is 9.80 Å². The van der Waals surface area contributed by atoms with Crippen LogP contribution in [0.2, 0.25) is 0 Å². The summed E-state index contributed by atoms with van der Waals surface area (Å²) in [6, 6.07) is 26.1. The second-order valence-electron chi connectivity index (χ2n) is 15.7. The Morgan fingerprint density at radius 1 is 0.841 bits per heavy atom. The van der Waals surface area contributed by atoms with Crippen LogP contribution in [0.1, 0.15) is 54.5 Å². The largest absolute Gasteiger partial charge is 0.493 e. The third-order valence-electron chi connectivity index (χ3n) is 11.1. The van der Waals surface area contributed by atoms with E-state index in [1.165, 1.54) is 33.0 Å². The summed E-state index contributed by atoms with van der Waals surface area (Å²) < 4.78 is 33.6. The summed E-state index contributed by atoms with van der Waals surface area (Å²) >= 11 is 0. The molecule has 4 aromatic carbocycles. The number of carboxylic acid groups (broad SMARTS) is 1. The predicted octanol–water partition coefficient (Wildman–Crippen LogP) is 6.17. The minimum absolute atomic E-state index is 0.00965. The van der Waals surface area contributed by atoms with Gasteiger partial charge in [-0.15, -0.1) is 0 Å². The number of esters is 2. The molecule has 0 bridgehead atoms. The van der Waals surface area contributed by atoms with E-state index in [1.54, 1.807) is 36.4 Å². The number of rotatable bonds is 18. The normalized spacial score (nSPS) is 15.0. The minimum Gasteiger partial charge on any atom is -0.493 e. The molecule has 1 fully saturated rings. The Balaban J connectivity index is 1.27. The summed E-state index contributed by atoms with van der Waals surface area (Å²) in [4.78, 5) is 82.0. The third-order valence-corrected chi connectivity index (χ3v) is 11.1. The van der Waals surface area contributed by atoms with Crippen LogP contribution in [-0.4, -0.2) is 110 Å². The van der Waals surface area contributed by atoms with Crippen molar-refractivity contribution in [3.8, 4) is 28.4 Å². The van der Waals surface area contributed by atoms with E-state index in [0.717, 1.165) is 38.8 Å². The molecule has 1 N–H and O–H groups in total. The lowest BCUT2D eigenvalue weighted by atomic mass is 9.87. The standard InChI is InChI=1S/C48H50N2O13/c1-6-43(53)62-29-48(2,3)44(54)45(55)50-23-22-49(47(57)61-27-37-35-16-9-7-14-33(35)34-15-8-10-17-36(34)37)26-38(50)46(56)63-39(31-12-11-13-32(25-31)60-28-42(51)52)20-18-30-19-21-40(58-4)41(24-30)59-5/h6-17,19,21,24-25,37-39H,1,18,20,22-23,26-29H2,2-5H3,(H,51,52)/t38-,39?/m0/s1. The molecule has 0 radical (unpaired) electrons. The van der Waals surface area contributed by atoms with Gasteiger partial charge in [-0.1, -0.05) is 73.3 Å². The lowest BCUT2D eigenvalue weighted by Gasteiger charge is -2.40. The van der Waals surface area contributed by atoms with Crippen LogP contribution in [0.3, 0.4) is 0 Å². The number of methoxy groups -OCH3 is 2. The molecule has 1 saturated heterocycles. The van der Waals surface area contributed by atoms with Crippen LogP contribution < -0.4 is 14.2 Å². The van der Waals surface area contributed by atoms with Gasteiger partial charge in [-0.25, -0.2) is 19.2 Å². The Morgan fingerprint density at radius 3 is 2.17 bits per heavy atom. The number of nitrogens with zero attached hydrogens (tertiary/aromatic N) is 2. The van der Waals surface area contributed by atoms with Crippen molar-refractivity contribution in [2.75, 3.05) is 53.7 Å². The van der Waals surface area contributed by atoms with E-state index in [2.05, 4.69) is 6.58 Å². The van der Waals surface area contributed by atoms with Gasteiger partial charge in [0.05, 0.1) is 26.2 Å². The van der Waals surface area contributed by atoms with Crippen molar-refractivity contribution in [2.45, 2.75) is 44.8 Å². The lowest BCUT2D eigenvalue weighted by Crippen LogP contribution is -2.62. The molecule has 0 spiro atoms.